The van der Waals surface area contributed by atoms with E-state index < -0.39 is 40.6 Å². The molecule has 3 amide bonds. The van der Waals surface area contributed by atoms with Gasteiger partial charge in [0.05, 0.1) is 23.7 Å². The van der Waals surface area contributed by atoms with Crippen molar-refractivity contribution in [2.75, 3.05) is 17.3 Å². The van der Waals surface area contributed by atoms with Crippen molar-refractivity contribution in [2.24, 2.45) is 5.92 Å². The van der Waals surface area contributed by atoms with Crippen LogP contribution in [-0.2, 0) is 20.9 Å². The molecule has 8 nitrogen and oxygen atoms in total. The molecule has 1 N–H and O–H groups in total. The Hall–Kier alpha value is -4.74. The number of benzene rings is 4. The van der Waals surface area contributed by atoms with Gasteiger partial charge in [0.15, 0.2) is 0 Å². The molecular weight excluding hydrogens is 602 g/mol. The minimum atomic E-state index is -0.853. The van der Waals surface area contributed by atoms with Crippen LogP contribution >= 0.6 is 23.1 Å². The molecule has 7 rings (SSSR count). The molecule has 1 saturated heterocycles. The molecule has 2 unspecified atom stereocenters. The zero-order chi connectivity index (χ0) is 30.5. The number of halogens is 1. The smallest absolute Gasteiger partial charge is 0.308 e. The number of imide groups is 1. The van der Waals surface area contributed by atoms with Gasteiger partial charge in [0.2, 0.25) is 17.7 Å². The van der Waals surface area contributed by atoms with Crippen molar-refractivity contribution < 1.29 is 23.5 Å². The molecule has 2 aliphatic heterocycles. The summed E-state index contributed by atoms with van der Waals surface area (Å²) in [6, 6.07) is 25.6. The van der Waals surface area contributed by atoms with Gasteiger partial charge >= 0.3 is 4.87 Å². The topological polar surface area (TPSA) is 97.7 Å². The molecule has 0 bridgehead atoms. The highest BCUT2D eigenvalue weighted by Crippen LogP contribution is 2.54. The summed E-state index contributed by atoms with van der Waals surface area (Å²) in [4.78, 5) is 56.0. The number of thiazole rings is 1. The maximum absolute atomic E-state index is 14.0. The number of hydrogen-bond acceptors (Lipinski definition) is 7. The Morgan fingerprint density at radius 1 is 0.909 bits per heavy atom. The molecule has 11 heteroatoms. The van der Waals surface area contributed by atoms with E-state index in [0.717, 1.165) is 33.9 Å². The second kappa shape index (κ2) is 11.1. The summed E-state index contributed by atoms with van der Waals surface area (Å²) in [7, 11) is 1.53. The van der Waals surface area contributed by atoms with Crippen LogP contribution in [0.15, 0.2) is 101 Å². The summed E-state index contributed by atoms with van der Waals surface area (Å²) in [6.45, 7) is -0.279. The second-order valence-corrected chi connectivity index (χ2v) is 12.6. The molecular formula is C33H24FN3O5S2. The van der Waals surface area contributed by atoms with Gasteiger partial charge in [-0.3, -0.25) is 23.7 Å². The molecule has 1 aromatic heterocycles. The maximum Gasteiger partial charge on any atom is 0.308 e. The number of nitrogens with zero attached hydrogens (tertiary/aromatic N) is 2. The molecule has 3 heterocycles. The van der Waals surface area contributed by atoms with Crippen LogP contribution in [0.3, 0.4) is 0 Å². The van der Waals surface area contributed by atoms with Crippen molar-refractivity contribution in [1.29, 1.82) is 0 Å². The van der Waals surface area contributed by atoms with Crippen molar-refractivity contribution >= 4 is 63.0 Å². The number of carbonyl (C=O) groups excluding carboxylic acids is 3. The zero-order valence-electron chi connectivity index (χ0n) is 23.2. The lowest BCUT2D eigenvalue weighted by atomic mass is 9.83. The first-order valence-corrected chi connectivity index (χ1v) is 15.5. The quantitative estimate of drug-likeness (QED) is 0.245. The molecule has 0 aliphatic carbocycles. The van der Waals surface area contributed by atoms with E-state index in [1.807, 2.05) is 36.4 Å². The second-order valence-electron chi connectivity index (χ2n) is 10.5. The first-order chi connectivity index (χ1) is 21.3. The Balaban J connectivity index is 1.27. The third-order valence-electron chi connectivity index (χ3n) is 7.97. The molecule has 1 fully saturated rings. The zero-order valence-corrected chi connectivity index (χ0v) is 24.9. The summed E-state index contributed by atoms with van der Waals surface area (Å²) in [5.74, 6) is -2.60. The predicted molar refractivity (Wildman–Crippen MR) is 168 cm³/mol. The Morgan fingerprint density at radius 3 is 2.39 bits per heavy atom. The van der Waals surface area contributed by atoms with E-state index in [9.17, 15) is 23.6 Å². The standard InChI is InChI=1S/C33H24FN3O5S2/c1-42-22-15-13-21(14-16-22)37-30(39)27-26(19-9-11-20(34)12-10-19)29-32(43-28(27)31(37)40)36(33(41)44-29)17-25(38)35-24-8-4-6-18-5-2-3-7-23(18)24/h2-16,26-28H,17H2,1H3,(H,35,38)/t26-,27?,28?/m1/s1. The van der Waals surface area contributed by atoms with E-state index in [1.165, 1.54) is 28.7 Å². The lowest BCUT2D eigenvalue weighted by Crippen LogP contribution is -2.33. The maximum atomic E-state index is 14.0. The number of rotatable bonds is 6. The molecule has 0 radical (unpaired) electrons. The van der Waals surface area contributed by atoms with Crippen molar-refractivity contribution in [3.63, 3.8) is 0 Å². The van der Waals surface area contributed by atoms with Crippen LogP contribution in [0.4, 0.5) is 15.8 Å². The van der Waals surface area contributed by atoms with Gasteiger partial charge in [-0.25, -0.2) is 9.29 Å². The fraction of sp³-hybridized carbons (Fsp3) is 0.152. The van der Waals surface area contributed by atoms with E-state index in [2.05, 4.69) is 5.32 Å². The van der Waals surface area contributed by atoms with Gasteiger partial charge < -0.3 is 10.1 Å². The Bertz CT molecular complexity index is 2000. The highest BCUT2D eigenvalue weighted by atomic mass is 32.2. The summed E-state index contributed by atoms with van der Waals surface area (Å²) in [5.41, 5.74) is 1.63. The van der Waals surface area contributed by atoms with Gasteiger partial charge in [-0.2, -0.15) is 0 Å². The molecule has 3 atom stereocenters. The molecule has 0 saturated carbocycles. The third kappa shape index (κ3) is 4.68. The van der Waals surface area contributed by atoms with Crippen molar-refractivity contribution in [3.05, 3.63) is 117 Å². The molecule has 2 aliphatic rings. The minimum absolute atomic E-state index is 0.279. The van der Waals surface area contributed by atoms with Gasteiger partial charge in [0.1, 0.15) is 23.4 Å². The van der Waals surface area contributed by atoms with Crippen molar-refractivity contribution in [1.82, 2.24) is 4.57 Å². The van der Waals surface area contributed by atoms with Crippen LogP contribution in [0.1, 0.15) is 16.4 Å². The number of methoxy groups -OCH3 is 1. The number of aromatic nitrogens is 1. The summed E-state index contributed by atoms with van der Waals surface area (Å²) in [5, 5.41) is 4.36. The van der Waals surface area contributed by atoms with Crippen molar-refractivity contribution in [3.8, 4) is 5.75 Å². The predicted octanol–water partition coefficient (Wildman–Crippen LogP) is 5.65. The van der Waals surface area contributed by atoms with Gasteiger partial charge in [-0.05, 0) is 53.4 Å². The number of anilines is 2. The summed E-state index contributed by atoms with van der Waals surface area (Å²) >= 11 is 2.07. The molecule has 220 valence electrons. The monoisotopic (exact) mass is 625 g/mol. The van der Waals surface area contributed by atoms with Gasteiger partial charge in [-0.1, -0.05) is 71.6 Å². The van der Waals surface area contributed by atoms with Gasteiger partial charge in [-0.15, -0.1) is 0 Å². The molecule has 5 aromatic rings. The minimum Gasteiger partial charge on any atom is -0.497 e. The first kappa shape index (κ1) is 28.1. The Labute approximate surface area is 259 Å². The highest BCUT2D eigenvalue weighted by molar-refractivity contribution is 8.00. The SMILES string of the molecule is COc1ccc(N2C(=O)C3Sc4c(sc(=O)n4CC(=O)Nc4cccc5ccccc45)[C@H](c4ccc(F)cc4)C3C2=O)cc1. The van der Waals surface area contributed by atoms with Crippen LogP contribution < -0.4 is 19.8 Å². The van der Waals surface area contributed by atoms with Crippen LogP contribution in [0, 0.1) is 11.7 Å². The average Bonchev–Trinajstić information content (AvgIpc) is 3.48. The normalized spacial score (nSPS) is 19.1. The number of fused-ring (bicyclic) bond motifs is 3. The van der Waals surface area contributed by atoms with Crippen molar-refractivity contribution in [2.45, 2.75) is 22.7 Å². The number of thioether (sulfide) groups is 1. The fourth-order valence-corrected chi connectivity index (χ4v) is 8.71. The fourth-order valence-electron chi connectivity index (χ4n) is 5.94. The van der Waals surface area contributed by atoms with Crippen LogP contribution in [0.25, 0.3) is 10.8 Å². The average molecular weight is 626 g/mol. The van der Waals surface area contributed by atoms with Crippen LogP contribution in [-0.4, -0.2) is 34.6 Å². The number of carbonyl (C=O) groups is 3. The Morgan fingerprint density at radius 2 is 1.64 bits per heavy atom. The lowest BCUT2D eigenvalue weighted by molar-refractivity contribution is -0.122. The van der Waals surface area contributed by atoms with Gasteiger partial charge in [0.25, 0.3) is 0 Å². The molecule has 0 spiro atoms. The van der Waals surface area contributed by atoms with E-state index in [-0.39, 0.29) is 11.4 Å². The lowest BCUT2D eigenvalue weighted by Gasteiger charge is -2.30. The first-order valence-electron chi connectivity index (χ1n) is 13.8. The third-order valence-corrected chi connectivity index (χ3v) is 10.6. The Kier molecular flexibility index (Phi) is 7.06. The summed E-state index contributed by atoms with van der Waals surface area (Å²) in [6.07, 6.45) is 0. The van der Waals surface area contributed by atoms with Gasteiger partial charge in [0, 0.05) is 21.9 Å². The van der Waals surface area contributed by atoms with Crippen LogP contribution in [0.2, 0.25) is 0 Å². The largest absolute Gasteiger partial charge is 0.497 e. The van der Waals surface area contributed by atoms with Crippen LogP contribution in [0.5, 0.6) is 5.75 Å². The highest BCUT2D eigenvalue weighted by Gasteiger charge is 2.56. The van der Waals surface area contributed by atoms with E-state index in [4.69, 9.17) is 4.74 Å². The summed E-state index contributed by atoms with van der Waals surface area (Å²) < 4.78 is 20.5. The van der Waals surface area contributed by atoms with E-state index in [1.54, 1.807) is 42.5 Å². The molecule has 4 aromatic carbocycles. The van der Waals surface area contributed by atoms with E-state index in [0.29, 0.717) is 32.6 Å². The number of ether oxygens (including phenoxy) is 1. The van der Waals surface area contributed by atoms with E-state index >= 15 is 0 Å². The number of nitrogens with one attached hydrogen (secondary N) is 1. The molecule has 44 heavy (non-hydrogen) atoms. The number of hydrogen-bond donors (Lipinski definition) is 1. The number of amides is 3.